The van der Waals surface area contributed by atoms with Gasteiger partial charge in [-0.3, -0.25) is 19.4 Å². The summed E-state index contributed by atoms with van der Waals surface area (Å²) in [6.45, 7) is 5.65. The van der Waals surface area contributed by atoms with Gasteiger partial charge in [-0.25, -0.2) is 4.39 Å². The number of halogens is 1. The third-order valence-electron chi connectivity index (χ3n) is 6.59. The number of hydrogen-bond donors (Lipinski definition) is 6. The first-order chi connectivity index (χ1) is 18.5. The van der Waals surface area contributed by atoms with Crippen LogP contribution in [0.25, 0.3) is 0 Å². The van der Waals surface area contributed by atoms with Crippen LogP contribution >= 0.6 is 0 Å². The van der Waals surface area contributed by atoms with Crippen molar-refractivity contribution in [2.24, 2.45) is 0 Å². The Kier molecular flexibility index (Phi) is 9.67. The number of benzene rings is 1. The van der Waals surface area contributed by atoms with Gasteiger partial charge in [0, 0.05) is 57.2 Å². The zero-order valence-corrected chi connectivity index (χ0v) is 21.6. The van der Waals surface area contributed by atoms with E-state index >= 15 is 0 Å². The molecule has 13 heteroatoms. The summed E-state index contributed by atoms with van der Waals surface area (Å²) in [4.78, 5) is 39.4. The zero-order valence-electron chi connectivity index (χ0n) is 21.6. The minimum atomic E-state index is -2.51. The molecule has 2 fully saturated rings. The number of carbonyl (C=O) groups excluding carboxylic acids is 3. The molecule has 6 N–H and O–H groups in total. The molecular weight excluding hydrogens is 515 g/mol. The predicted octanol–water partition coefficient (Wildman–Crippen LogP) is 0.657. The van der Waals surface area contributed by atoms with Crippen molar-refractivity contribution in [1.82, 2.24) is 20.4 Å². The van der Waals surface area contributed by atoms with Crippen molar-refractivity contribution in [1.29, 1.82) is 0 Å². The lowest BCUT2D eigenvalue weighted by Crippen LogP contribution is -2.59. The lowest BCUT2D eigenvalue weighted by Gasteiger charge is -2.34. The SMILES string of the molecule is C=C(O)/C(O)=C1/C(=O)N(C(O)(CCC=O)C(=O)NC)C/C1=C(/O)NCc1ccc(CN2CCOCC2)cc1F. The maximum atomic E-state index is 14.8. The van der Waals surface area contributed by atoms with Crippen LogP contribution in [0.2, 0.25) is 0 Å². The van der Waals surface area contributed by atoms with Gasteiger partial charge in [0.1, 0.15) is 12.1 Å². The molecule has 39 heavy (non-hydrogen) atoms. The number of aliphatic hydroxyl groups is 4. The van der Waals surface area contributed by atoms with E-state index in [0.29, 0.717) is 30.9 Å². The van der Waals surface area contributed by atoms with Crippen molar-refractivity contribution in [3.8, 4) is 0 Å². The van der Waals surface area contributed by atoms with Gasteiger partial charge in [-0.2, -0.15) is 0 Å². The second-order valence-electron chi connectivity index (χ2n) is 9.16. The molecule has 2 saturated heterocycles. The Morgan fingerprint density at radius 3 is 2.54 bits per heavy atom. The first-order valence-corrected chi connectivity index (χ1v) is 12.3. The lowest BCUT2D eigenvalue weighted by molar-refractivity contribution is -0.171. The Balaban J connectivity index is 1.87. The van der Waals surface area contributed by atoms with Crippen LogP contribution in [0.4, 0.5) is 4.39 Å². The number of carbonyl (C=O) groups is 3. The highest BCUT2D eigenvalue weighted by Crippen LogP contribution is 2.35. The molecular formula is C26H33FN4O8. The van der Waals surface area contributed by atoms with Crippen LogP contribution in [-0.2, 0) is 32.2 Å². The van der Waals surface area contributed by atoms with Gasteiger partial charge in [0.05, 0.1) is 25.3 Å². The number of amides is 2. The number of ether oxygens (including phenoxy) is 1. The zero-order chi connectivity index (χ0) is 28.7. The van der Waals surface area contributed by atoms with Crippen LogP contribution < -0.4 is 10.6 Å². The molecule has 0 saturated carbocycles. The van der Waals surface area contributed by atoms with Crippen LogP contribution in [0.1, 0.15) is 24.0 Å². The molecule has 3 rings (SSSR count). The van der Waals surface area contributed by atoms with Gasteiger partial charge in [0.25, 0.3) is 11.8 Å². The van der Waals surface area contributed by atoms with E-state index in [1.54, 1.807) is 12.1 Å². The van der Waals surface area contributed by atoms with E-state index in [2.05, 4.69) is 22.1 Å². The summed E-state index contributed by atoms with van der Waals surface area (Å²) in [6.07, 6.45) is -0.302. The predicted molar refractivity (Wildman–Crippen MR) is 136 cm³/mol. The topological polar surface area (TPSA) is 172 Å². The van der Waals surface area contributed by atoms with Crippen molar-refractivity contribution in [3.05, 3.63) is 70.3 Å². The van der Waals surface area contributed by atoms with Crippen molar-refractivity contribution in [2.45, 2.75) is 31.7 Å². The number of aldehydes is 1. The molecule has 2 heterocycles. The summed E-state index contributed by atoms with van der Waals surface area (Å²) in [5, 5.41) is 46.8. The largest absolute Gasteiger partial charge is 0.505 e. The van der Waals surface area contributed by atoms with Crippen LogP contribution in [0.5, 0.6) is 0 Å². The molecule has 1 unspecified atom stereocenters. The molecule has 12 nitrogen and oxygen atoms in total. The number of nitrogens with one attached hydrogen (secondary N) is 2. The Morgan fingerprint density at radius 1 is 1.26 bits per heavy atom. The summed E-state index contributed by atoms with van der Waals surface area (Å²) in [5.41, 5.74) is -2.46. The Bertz CT molecular complexity index is 1190. The van der Waals surface area contributed by atoms with Gasteiger partial charge >= 0.3 is 0 Å². The number of likely N-dealkylation sites (tertiary alicyclic amines) is 1. The van der Waals surface area contributed by atoms with Gasteiger partial charge in [0.2, 0.25) is 5.72 Å². The average molecular weight is 549 g/mol. The number of morpholine rings is 1. The van der Waals surface area contributed by atoms with E-state index in [1.807, 2.05) is 0 Å². The van der Waals surface area contributed by atoms with Crippen LogP contribution in [-0.4, -0.2) is 93.9 Å². The van der Waals surface area contributed by atoms with E-state index in [-0.39, 0.29) is 24.1 Å². The normalized spacial score (nSPS) is 20.3. The minimum absolute atomic E-state index is 0.197. The van der Waals surface area contributed by atoms with Crippen LogP contribution in [0.15, 0.2) is 53.3 Å². The van der Waals surface area contributed by atoms with E-state index in [1.165, 1.54) is 13.1 Å². The molecule has 1 atom stereocenters. The third-order valence-corrected chi connectivity index (χ3v) is 6.59. The van der Waals surface area contributed by atoms with Crippen LogP contribution in [0, 0.1) is 5.82 Å². The summed E-state index contributed by atoms with van der Waals surface area (Å²) < 4.78 is 20.1. The van der Waals surface area contributed by atoms with Gasteiger partial charge in [-0.05, 0) is 11.6 Å². The number of hydrogen-bond acceptors (Lipinski definition) is 10. The summed E-state index contributed by atoms with van der Waals surface area (Å²) >= 11 is 0. The molecule has 0 radical (unpaired) electrons. The van der Waals surface area contributed by atoms with E-state index < -0.39 is 59.3 Å². The fourth-order valence-electron chi connectivity index (χ4n) is 4.42. The van der Waals surface area contributed by atoms with Crippen molar-refractivity contribution < 1.29 is 43.9 Å². The van der Waals surface area contributed by atoms with Gasteiger partial charge in [-0.15, -0.1) is 0 Å². The minimum Gasteiger partial charge on any atom is -0.505 e. The molecule has 212 valence electrons. The third kappa shape index (κ3) is 6.56. The Labute approximate surface area is 224 Å². The van der Waals surface area contributed by atoms with E-state index in [0.717, 1.165) is 18.7 Å². The monoisotopic (exact) mass is 548 g/mol. The van der Waals surface area contributed by atoms with Crippen molar-refractivity contribution >= 4 is 18.1 Å². The Morgan fingerprint density at radius 2 is 1.95 bits per heavy atom. The molecule has 1 aromatic carbocycles. The molecule has 0 bridgehead atoms. The highest BCUT2D eigenvalue weighted by Gasteiger charge is 2.50. The number of rotatable bonds is 11. The number of aliphatic hydroxyl groups excluding tert-OH is 3. The first kappa shape index (κ1) is 29.6. The standard InChI is InChI=1S/C26H33FN4O8/c1-16(33)22(34)21-19(15-31(24(21)36)26(38,6-3-9-32)25(37)28-2)23(35)29-13-18-5-4-17(12-20(18)27)14-30-7-10-39-11-8-30/h4-5,9,12,29,33-35,38H,1,3,6-8,10-11,13-15H2,2H3,(H,28,37)/b22-21-,23-19-. The van der Waals surface area contributed by atoms with Crippen molar-refractivity contribution in [3.63, 3.8) is 0 Å². The molecule has 1 aromatic rings. The Hall–Kier alpha value is -3.94. The maximum Gasteiger partial charge on any atom is 0.273 e. The van der Waals surface area contributed by atoms with Crippen molar-refractivity contribution in [2.75, 3.05) is 39.9 Å². The maximum absolute atomic E-state index is 14.8. The smallest absolute Gasteiger partial charge is 0.273 e. The van der Waals surface area contributed by atoms with Gasteiger partial charge < -0.3 is 40.6 Å². The second kappa shape index (κ2) is 12.7. The molecule has 0 aromatic heterocycles. The van der Waals surface area contributed by atoms with Gasteiger partial charge in [-0.1, -0.05) is 18.7 Å². The fraction of sp³-hybridized carbons (Fsp3) is 0.423. The average Bonchev–Trinajstić information content (AvgIpc) is 3.28. The highest BCUT2D eigenvalue weighted by atomic mass is 19.1. The van der Waals surface area contributed by atoms with E-state index in [9.17, 15) is 39.2 Å². The quantitative estimate of drug-likeness (QED) is 0.131. The second-order valence-corrected chi connectivity index (χ2v) is 9.16. The molecule has 0 spiro atoms. The summed E-state index contributed by atoms with van der Waals surface area (Å²) in [6, 6.07) is 4.70. The molecule has 2 aliphatic heterocycles. The summed E-state index contributed by atoms with van der Waals surface area (Å²) in [7, 11) is 1.22. The highest BCUT2D eigenvalue weighted by molar-refractivity contribution is 6.05. The first-order valence-electron chi connectivity index (χ1n) is 12.3. The van der Waals surface area contributed by atoms with Crippen LogP contribution in [0.3, 0.4) is 0 Å². The number of nitrogens with zero attached hydrogens (tertiary/aromatic N) is 2. The van der Waals surface area contributed by atoms with E-state index in [4.69, 9.17) is 4.74 Å². The lowest BCUT2D eigenvalue weighted by atomic mass is 10.0. The summed E-state index contributed by atoms with van der Waals surface area (Å²) in [5.74, 6) is -5.20. The fourth-order valence-corrected chi connectivity index (χ4v) is 4.42. The number of likely N-dealkylation sites (N-methyl/N-ethyl adjacent to an activating group) is 1. The van der Waals surface area contributed by atoms with Gasteiger partial charge in [0.15, 0.2) is 17.4 Å². The molecule has 2 amide bonds. The molecule has 0 aliphatic carbocycles. The molecule has 2 aliphatic rings.